The summed E-state index contributed by atoms with van der Waals surface area (Å²) in [5, 5.41) is 4.17. The van der Waals surface area contributed by atoms with Crippen molar-refractivity contribution >= 4 is 11.7 Å². The van der Waals surface area contributed by atoms with Crippen LogP contribution in [-0.4, -0.2) is 40.4 Å². The van der Waals surface area contributed by atoms with Crippen LogP contribution in [0.4, 0.5) is 0 Å². The van der Waals surface area contributed by atoms with E-state index in [1.54, 1.807) is 16.3 Å². The maximum Gasteiger partial charge on any atom is 0.256 e. The van der Waals surface area contributed by atoms with Crippen molar-refractivity contribution in [2.75, 3.05) is 0 Å². The Morgan fingerprint density at radius 1 is 1.23 bits per heavy atom. The number of hydrogen-bond acceptors (Lipinski definition) is 6. The van der Waals surface area contributed by atoms with E-state index in [1.807, 2.05) is 13.8 Å². The van der Waals surface area contributed by atoms with Gasteiger partial charge in [-0.05, 0) is 32.8 Å². The molecule has 0 atom stereocenters. The van der Waals surface area contributed by atoms with Crippen molar-refractivity contribution in [2.45, 2.75) is 46.7 Å². The Morgan fingerprint density at radius 3 is 2.85 bits per heavy atom. The van der Waals surface area contributed by atoms with Crippen LogP contribution in [0.25, 0.3) is 5.78 Å². The molecule has 0 aromatic carbocycles. The van der Waals surface area contributed by atoms with Crippen LogP contribution in [0.15, 0.2) is 11.1 Å². The minimum atomic E-state index is -0.157. The first-order chi connectivity index (χ1) is 12.4. The minimum absolute atomic E-state index is 0.00228. The van der Waals surface area contributed by atoms with Crippen LogP contribution in [0.1, 0.15) is 40.5 Å². The molecule has 1 aliphatic rings. The first kappa shape index (κ1) is 16.4. The Bertz CT molecular complexity index is 1080. The van der Waals surface area contributed by atoms with Crippen molar-refractivity contribution in [3.05, 3.63) is 50.7 Å². The number of nitrogens with one attached hydrogen (secondary N) is 1. The summed E-state index contributed by atoms with van der Waals surface area (Å²) in [4.78, 5) is 41.9. The summed E-state index contributed by atoms with van der Waals surface area (Å²) in [7, 11) is 0. The molecule has 9 nitrogen and oxygen atoms in total. The average molecular weight is 353 g/mol. The molecule has 4 heterocycles. The van der Waals surface area contributed by atoms with E-state index in [0.717, 1.165) is 17.0 Å². The van der Waals surface area contributed by atoms with E-state index in [0.29, 0.717) is 48.8 Å². The highest BCUT2D eigenvalue weighted by Gasteiger charge is 2.27. The van der Waals surface area contributed by atoms with Gasteiger partial charge in [0.15, 0.2) is 0 Å². The SMILES string of the molecule is Cc1nc2c(c(=O)[nH]1)CN(C(=O)CCc1c(C)nc3ncnn3c1C)C2. The third-order valence-electron chi connectivity index (χ3n) is 4.84. The van der Waals surface area contributed by atoms with Crippen molar-refractivity contribution in [1.82, 2.24) is 34.4 Å². The van der Waals surface area contributed by atoms with Gasteiger partial charge in [-0.25, -0.2) is 14.5 Å². The second-order valence-electron chi connectivity index (χ2n) is 6.56. The molecule has 0 unspecified atom stereocenters. The maximum absolute atomic E-state index is 12.7. The molecule has 9 heteroatoms. The number of H-pyrrole nitrogens is 1. The molecule has 0 radical (unpaired) electrons. The Kier molecular flexibility index (Phi) is 3.78. The summed E-state index contributed by atoms with van der Waals surface area (Å²) in [6.07, 6.45) is 2.38. The molecule has 134 valence electrons. The number of carbonyl (C=O) groups is 1. The van der Waals surface area contributed by atoms with Crippen molar-refractivity contribution in [3.63, 3.8) is 0 Å². The second kappa shape index (κ2) is 6.01. The summed E-state index contributed by atoms with van der Waals surface area (Å²) in [5.74, 6) is 1.13. The van der Waals surface area contributed by atoms with E-state index in [-0.39, 0.29) is 11.5 Å². The van der Waals surface area contributed by atoms with E-state index < -0.39 is 0 Å². The van der Waals surface area contributed by atoms with Gasteiger partial charge in [0.25, 0.3) is 11.3 Å². The summed E-state index contributed by atoms with van der Waals surface area (Å²) >= 11 is 0. The van der Waals surface area contributed by atoms with Crippen LogP contribution in [0.2, 0.25) is 0 Å². The zero-order valence-electron chi connectivity index (χ0n) is 14.9. The molecule has 0 saturated heterocycles. The van der Waals surface area contributed by atoms with Crippen LogP contribution >= 0.6 is 0 Å². The van der Waals surface area contributed by atoms with E-state index in [1.165, 1.54) is 6.33 Å². The molecular formula is C17H19N7O2. The highest BCUT2D eigenvalue weighted by Crippen LogP contribution is 2.20. The van der Waals surface area contributed by atoms with E-state index in [2.05, 4.69) is 25.0 Å². The lowest BCUT2D eigenvalue weighted by Crippen LogP contribution is -2.26. The first-order valence-corrected chi connectivity index (χ1v) is 8.46. The molecule has 3 aromatic rings. The Hall–Kier alpha value is -3.10. The highest BCUT2D eigenvalue weighted by molar-refractivity contribution is 5.77. The summed E-state index contributed by atoms with van der Waals surface area (Å²) < 4.78 is 1.69. The molecule has 1 N–H and O–H groups in total. The molecule has 3 aromatic heterocycles. The van der Waals surface area contributed by atoms with E-state index in [4.69, 9.17) is 0 Å². The Balaban J connectivity index is 1.50. The predicted molar refractivity (Wildman–Crippen MR) is 92.4 cm³/mol. The van der Waals surface area contributed by atoms with Gasteiger partial charge in [0.2, 0.25) is 5.91 Å². The number of carbonyl (C=O) groups excluding carboxylic acids is 1. The summed E-state index contributed by atoms with van der Waals surface area (Å²) in [6.45, 7) is 6.31. The molecule has 0 aliphatic carbocycles. The van der Waals surface area contributed by atoms with Gasteiger partial charge in [-0.15, -0.1) is 0 Å². The number of aromatic amines is 1. The second-order valence-corrected chi connectivity index (χ2v) is 6.56. The van der Waals surface area contributed by atoms with Crippen LogP contribution in [0.3, 0.4) is 0 Å². The lowest BCUT2D eigenvalue weighted by atomic mass is 10.1. The fraction of sp³-hybridized carbons (Fsp3) is 0.412. The van der Waals surface area contributed by atoms with Crippen LogP contribution in [0, 0.1) is 20.8 Å². The van der Waals surface area contributed by atoms with Gasteiger partial charge in [-0.3, -0.25) is 9.59 Å². The molecule has 1 aliphatic heterocycles. The molecule has 0 bridgehead atoms. The quantitative estimate of drug-likeness (QED) is 0.739. The van der Waals surface area contributed by atoms with Crippen molar-refractivity contribution in [1.29, 1.82) is 0 Å². The van der Waals surface area contributed by atoms with E-state index in [9.17, 15) is 9.59 Å². The van der Waals surface area contributed by atoms with Crippen LogP contribution in [0.5, 0.6) is 0 Å². The number of hydrogen-bond donors (Lipinski definition) is 1. The topological polar surface area (TPSA) is 109 Å². The lowest BCUT2D eigenvalue weighted by molar-refractivity contribution is -0.131. The fourth-order valence-electron chi connectivity index (χ4n) is 3.47. The predicted octanol–water partition coefficient (Wildman–Crippen LogP) is 0.608. The van der Waals surface area contributed by atoms with Crippen molar-refractivity contribution in [2.24, 2.45) is 0 Å². The van der Waals surface area contributed by atoms with Crippen LogP contribution in [-0.2, 0) is 24.3 Å². The van der Waals surface area contributed by atoms with Crippen molar-refractivity contribution in [3.8, 4) is 0 Å². The normalized spacial score (nSPS) is 13.4. The van der Waals surface area contributed by atoms with Gasteiger partial charge < -0.3 is 9.88 Å². The summed E-state index contributed by atoms with van der Waals surface area (Å²) in [6, 6.07) is 0. The highest BCUT2D eigenvalue weighted by atomic mass is 16.2. The third-order valence-corrected chi connectivity index (χ3v) is 4.84. The molecule has 1 amide bonds. The Morgan fingerprint density at radius 2 is 2.04 bits per heavy atom. The van der Waals surface area contributed by atoms with Gasteiger partial charge in [-0.1, -0.05) is 0 Å². The zero-order chi connectivity index (χ0) is 18.4. The lowest BCUT2D eigenvalue weighted by Gasteiger charge is -2.16. The molecular weight excluding hydrogens is 334 g/mol. The van der Waals surface area contributed by atoms with Gasteiger partial charge in [0, 0.05) is 17.8 Å². The van der Waals surface area contributed by atoms with Gasteiger partial charge in [0.1, 0.15) is 12.2 Å². The molecule has 0 saturated carbocycles. The third kappa shape index (κ3) is 2.65. The number of aromatic nitrogens is 6. The number of fused-ring (bicyclic) bond motifs is 2. The minimum Gasteiger partial charge on any atom is -0.332 e. The van der Waals surface area contributed by atoms with Gasteiger partial charge >= 0.3 is 0 Å². The number of amides is 1. The summed E-state index contributed by atoms with van der Waals surface area (Å²) in [5.41, 5.74) is 3.92. The fourth-order valence-corrected chi connectivity index (χ4v) is 3.47. The smallest absolute Gasteiger partial charge is 0.256 e. The number of nitrogens with zero attached hydrogens (tertiary/aromatic N) is 6. The maximum atomic E-state index is 12.7. The largest absolute Gasteiger partial charge is 0.332 e. The van der Waals surface area contributed by atoms with Gasteiger partial charge in [0.05, 0.1) is 24.3 Å². The van der Waals surface area contributed by atoms with Crippen LogP contribution < -0.4 is 5.56 Å². The van der Waals surface area contributed by atoms with Gasteiger partial charge in [-0.2, -0.15) is 10.1 Å². The molecule has 0 fully saturated rings. The standard InChI is InChI=1S/C17H19N7O2/c1-9-12(10(2)24-17(20-9)18-8-19-24)4-5-15(25)23-6-13-14(7-23)21-11(3)22-16(13)26/h8H,4-7H2,1-3H3,(H,21,22,26). The molecule has 26 heavy (non-hydrogen) atoms. The monoisotopic (exact) mass is 353 g/mol. The average Bonchev–Trinajstić information content (AvgIpc) is 3.21. The Labute approximate surface area is 149 Å². The van der Waals surface area contributed by atoms with Crippen molar-refractivity contribution < 1.29 is 4.79 Å². The van der Waals surface area contributed by atoms with E-state index >= 15 is 0 Å². The molecule has 4 rings (SSSR count). The zero-order valence-corrected chi connectivity index (χ0v) is 14.9. The first-order valence-electron chi connectivity index (χ1n) is 8.46. The molecule has 0 spiro atoms. The number of aryl methyl sites for hydroxylation is 3. The number of rotatable bonds is 3.